The topological polar surface area (TPSA) is 136 Å². The molecule has 1 aromatic carbocycles. The highest BCUT2D eigenvalue weighted by Crippen LogP contribution is 2.42. The van der Waals surface area contributed by atoms with Crippen LogP contribution in [0.1, 0.15) is 49.2 Å². The molecule has 0 bridgehead atoms. The summed E-state index contributed by atoms with van der Waals surface area (Å²) in [5, 5.41) is 4.98. The van der Waals surface area contributed by atoms with Crippen LogP contribution in [0.5, 0.6) is 0 Å². The molecule has 0 radical (unpaired) electrons. The maximum atomic E-state index is 14.6. The Labute approximate surface area is 263 Å². The molecular weight excluding hydrogens is 642 g/mol. The van der Waals surface area contributed by atoms with Crippen LogP contribution in [-0.2, 0) is 33.8 Å². The number of benzene rings is 1. The lowest BCUT2D eigenvalue weighted by Gasteiger charge is -2.39. The van der Waals surface area contributed by atoms with Crippen LogP contribution in [-0.4, -0.2) is 81.3 Å². The number of carbonyl (C=O) groups is 2. The number of allylic oxidation sites excluding steroid dienone is 1. The highest BCUT2D eigenvalue weighted by Gasteiger charge is 2.40. The van der Waals surface area contributed by atoms with Crippen molar-refractivity contribution in [3.8, 4) is 0 Å². The highest BCUT2D eigenvalue weighted by atomic mass is 35.5. The van der Waals surface area contributed by atoms with Crippen LogP contribution in [0, 0.1) is 17.6 Å². The van der Waals surface area contributed by atoms with Gasteiger partial charge in [-0.3, -0.25) is 9.79 Å². The number of nitrogens with one attached hydrogen (secondary N) is 1. The number of methoxy groups -OCH3 is 2. The van der Waals surface area contributed by atoms with Gasteiger partial charge in [-0.1, -0.05) is 17.7 Å². The van der Waals surface area contributed by atoms with Crippen LogP contribution in [0.15, 0.2) is 40.0 Å². The van der Waals surface area contributed by atoms with Gasteiger partial charge in [-0.2, -0.15) is 4.31 Å². The number of carbonyl (C=O) groups excluding carboxylic acids is 2. The molecule has 11 nitrogen and oxygen atoms in total. The van der Waals surface area contributed by atoms with Crippen molar-refractivity contribution in [2.75, 3.05) is 33.6 Å². The molecule has 1 aromatic heterocycles. The summed E-state index contributed by atoms with van der Waals surface area (Å²) in [7, 11) is -1.07. The summed E-state index contributed by atoms with van der Waals surface area (Å²) in [5.74, 6) is -3.66. The first-order valence-electron chi connectivity index (χ1n) is 13.7. The molecule has 1 N–H and O–H groups in total. The minimum Gasteiger partial charge on any atom is -0.466 e. The summed E-state index contributed by atoms with van der Waals surface area (Å²) in [6.07, 6.45) is 3.62. The molecule has 2 heterocycles. The Balaban J connectivity index is 1.70. The third-order valence-corrected chi connectivity index (χ3v) is 9.94. The van der Waals surface area contributed by atoms with Gasteiger partial charge in [-0.15, -0.1) is 11.3 Å². The molecule has 1 saturated carbocycles. The van der Waals surface area contributed by atoms with Crippen LogP contribution in [0.3, 0.4) is 0 Å². The van der Waals surface area contributed by atoms with Gasteiger partial charge >= 0.3 is 11.9 Å². The number of amidine groups is 1. The van der Waals surface area contributed by atoms with Gasteiger partial charge in [0.05, 0.1) is 37.1 Å². The van der Waals surface area contributed by atoms with E-state index in [9.17, 15) is 26.8 Å². The maximum absolute atomic E-state index is 14.6. The molecule has 0 amide bonds. The van der Waals surface area contributed by atoms with Crippen molar-refractivity contribution in [3.63, 3.8) is 0 Å². The minimum absolute atomic E-state index is 0.0209. The largest absolute Gasteiger partial charge is 0.466 e. The van der Waals surface area contributed by atoms with Gasteiger partial charge in [0.2, 0.25) is 10.0 Å². The average Bonchev–Trinajstić information content (AvgIpc) is 3.52. The van der Waals surface area contributed by atoms with E-state index in [1.54, 1.807) is 11.6 Å². The number of rotatable bonds is 11. The van der Waals surface area contributed by atoms with Gasteiger partial charge in [0.25, 0.3) is 0 Å². The van der Waals surface area contributed by atoms with Crippen LogP contribution < -0.4 is 5.32 Å². The van der Waals surface area contributed by atoms with Crippen LogP contribution in [0.2, 0.25) is 5.02 Å². The standard InChI is InChI=1S/C28H33ClF2N4O7S2/c1-15(36)42-18(14-40-2)13-35(44(4,38)39)17-7-5-16(6-8-17)24-21(28(37)41-3)25(19-9-10-20(30)23(31)22(19)29)34-26(33-24)27-32-11-12-43-27/h9-12,16-18,25H,5-8,13-14H2,1-4H3,(H,33,34)/t16?,17?,18-,25?/m0/s1. The summed E-state index contributed by atoms with van der Waals surface area (Å²) >= 11 is 7.54. The number of nitrogens with zero attached hydrogens (tertiary/aromatic N) is 3. The van der Waals surface area contributed by atoms with Crippen molar-refractivity contribution in [1.82, 2.24) is 14.6 Å². The zero-order valence-electron chi connectivity index (χ0n) is 24.5. The zero-order chi connectivity index (χ0) is 32.2. The van der Waals surface area contributed by atoms with E-state index in [4.69, 9.17) is 25.8 Å². The van der Waals surface area contributed by atoms with Gasteiger partial charge in [0, 0.05) is 42.9 Å². The van der Waals surface area contributed by atoms with Crippen molar-refractivity contribution >= 4 is 50.7 Å². The Morgan fingerprint density at radius 2 is 1.91 bits per heavy atom. The molecule has 1 unspecified atom stereocenters. The average molecular weight is 675 g/mol. The second-order valence-electron chi connectivity index (χ2n) is 10.5. The third kappa shape index (κ3) is 7.62. The van der Waals surface area contributed by atoms with E-state index in [-0.39, 0.29) is 30.2 Å². The normalized spacial score (nSPS) is 21.5. The monoisotopic (exact) mass is 674 g/mol. The molecule has 44 heavy (non-hydrogen) atoms. The van der Waals surface area contributed by atoms with Crippen molar-refractivity contribution in [2.45, 2.75) is 50.8 Å². The fraction of sp³-hybridized carbons (Fsp3) is 0.500. The smallest absolute Gasteiger partial charge is 0.338 e. The lowest BCUT2D eigenvalue weighted by molar-refractivity contribution is -0.149. The SMILES string of the molecule is COC[C@H](CN(C1CCC(C2=C(C(=O)OC)C(c3ccc(F)c(F)c3Cl)N=C(c3nccs3)N2)CC1)S(C)(=O)=O)OC(C)=O. The first-order valence-corrected chi connectivity index (χ1v) is 16.8. The van der Waals surface area contributed by atoms with E-state index in [1.165, 1.54) is 42.9 Å². The molecule has 2 atom stereocenters. The second-order valence-corrected chi connectivity index (χ2v) is 13.7. The van der Waals surface area contributed by atoms with Crippen molar-refractivity contribution in [3.05, 3.63) is 62.2 Å². The van der Waals surface area contributed by atoms with Gasteiger partial charge in [-0.25, -0.2) is 27.0 Å². The maximum Gasteiger partial charge on any atom is 0.338 e. The zero-order valence-corrected chi connectivity index (χ0v) is 26.9. The molecule has 2 aliphatic rings. The van der Waals surface area contributed by atoms with Gasteiger partial charge in [0.1, 0.15) is 12.1 Å². The van der Waals surface area contributed by atoms with E-state index in [2.05, 4.69) is 15.3 Å². The lowest BCUT2D eigenvalue weighted by atomic mass is 9.80. The summed E-state index contributed by atoms with van der Waals surface area (Å²) < 4.78 is 71.1. The Morgan fingerprint density at radius 1 is 1.20 bits per heavy atom. The van der Waals surface area contributed by atoms with E-state index in [0.29, 0.717) is 42.2 Å². The van der Waals surface area contributed by atoms with Gasteiger partial charge in [0.15, 0.2) is 22.5 Å². The summed E-state index contributed by atoms with van der Waals surface area (Å²) in [5.41, 5.74) is 0.620. The lowest BCUT2D eigenvalue weighted by Crippen LogP contribution is -2.48. The fourth-order valence-electron chi connectivity index (χ4n) is 5.60. The molecular formula is C28H33ClF2N4O7S2. The van der Waals surface area contributed by atoms with Crippen molar-refractivity contribution < 1.29 is 41.0 Å². The molecule has 240 valence electrons. The quantitative estimate of drug-likeness (QED) is 0.277. The molecule has 16 heteroatoms. The molecule has 4 rings (SSSR count). The van der Waals surface area contributed by atoms with E-state index in [0.717, 1.165) is 12.3 Å². The fourth-order valence-corrected chi connectivity index (χ4v) is 7.63. The Morgan fingerprint density at radius 3 is 2.48 bits per heavy atom. The number of hydrogen-bond acceptors (Lipinski definition) is 11. The third-order valence-electron chi connectivity index (χ3n) is 7.48. The first kappa shape index (κ1) is 33.9. The molecule has 0 saturated heterocycles. The highest BCUT2D eigenvalue weighted by molar-refractivity contribution is 7.88. The number of hydrogen-bond donors (Lipinski definition) is 1. The van der Waals surface area contributed by atoms with Crippen molar-refractivity contribution in [2.24, 2.45) is 10.9 Å². The Kier molecular flexibility index (Phi) is 11.1. The second kappa shape index (κ2) is 14.4. The number of halogens is 3. The molecule has 0 spiro atoms. The molecule has 1 fully saturated rings. The van der Waals surface area contributed by atoms with Crippen LogP contribution in [0.4, 0.5) is 8.78 Å². The number of thiazole rings is 1. The first-order chi connectivity index (χ1) is 20.8. The molecule has 2 aromatic rings. The summed E-state index contributed by atoms with van der Waals surface area (Å²) in [6, 6.07) is 0.652. The predicted molar refractivity (Wildman–Crippen MR) is 160 cm³/mol. The van der Waals surface area contributed by atoms with Crippen LogP contribution >= 0.6 is 22.9 Å². The number of ether oxygens (including phenoxy) is 3. The van der Waals surface area contributed by atoms with E-state index >= 15 is 0 Å². The molecule has 1 aliphatic heterocycles. The van der Waals surface area contributed by atoms with Crippen molar-refractivity contribution in [1.29, 1.82) is 0 Å². The Hall–Kier alpha value is -2.98. The predicted octanol–water partition coefficient (Wildman–Crippen LogP) is 3.99. The molecule has 1 aliphatic carbocycles. The number of aliphatic imine (C=N–C) groups is 1. The van der Waals surface area contributed by atoms with E-state index < -0.39 is 56.8 Å². The number of esters is 2. The van der Waals surface area contributed by atoms with Crippen LogP contribution in [0.25, 0.3) is 0 Å². The van der Waals surface area contributed by atoms with Gasteiger partial charge in [-0.05, 0) is 37.7 Å². The van der Waals surface area contributed by atoms with E-state index in [1.807, 2.05) is 0 Å². The number of sulfonamides is 1. The number of aromatic nitrogens is 1. The summed E-state index contributed by atoms with van der Waals surface area (Å²) in [4.78, 5) is 33.9. The van der Waals surface area contributed by atoms with Gasteiger partial charge < -0.3 is 19.5 Å². The summed E-state index contributed by atoms with van der Waals surface area (Å²) in [6.45, 7) is 1.19. The Bertz CT molecular complexity index is 1540. The minimum atomic E-state index is -3.70.